The Morgan fingerprint density at radius 3 is 2.81 bits per heavy atom. The molecule has 162 valence electrons. The molecule has 0 unspecified atom stereocenters. The van der Waals surface area contributed by atoms with Crippen molar-refractivity contribution in [2.24, 2.45) is 0 Å². The first-order valence-corrected chi connectivity index (χ1v) is 11.2. The third-order valence-corrected chi connectivity index (χ3v) is 6.39. The van der Waals surface area contributed by atoms with Gasteiger partial charge in [-0.3, -0.25) is 19.5 Å². The van der Waals surface area contributed by atoms with E-state index < -0.39 is 4.92 Å². The van der Waals surface area contributed by atoms with Gasteiger partial charge in [0, 0.05) is 18.2 Å². The summed E-state index contributed by atoms with van der Waals surface area (Å²) < 4.78 is 7.60. The van der Waals surface area contributed by atoms with Gasteiger partial charge in [-0.25, -0.2) is 0 Å². The first-order valence-electron chi connectivity index (χ1n) is 9.88. The number of carbonyl (C=O) groups excluding carboxylic acids is 1. The number of nitrogens with one attached hydrogen (secondary N) is 1. The number of hydrogen-bond acceptors (Lipinski definition) is 7. The molecule has 1 saturated carbocycles. The molecule has 2 heterocycles. The number of aromatic nitrogens is 3. The predicted molar refractivity (Wildman–Crippen MR) is 117 cm³/mol. The molecule has 0 aliphatic heterocycles. The van der Waals surface area contributed by atoms with E-state index in [0.717, 1.165) is 25.7 Å². The van der Waals surface area contributed by atoms with Gasteiger partial charge in [-0.2, -0.15) is 0 Å². The second-order valence-corrected chi connectivity index (χ2v) is 8.55. The molecule has 4 rings (SSSR count). The number of furan rings is 1. The fourth-order valence-corrected chi connectivity index (χ4v) is 4.63. The Labute approximate surface area is 187 Å². The average molecular weight is 462 g/mol. The Morgan fingerprint density at radius 2 is 2.10 bits per heavy atom. The molecule has 0 atom stereocenters. The summed E-state index contributed by atoms with van der Waals surface area (Å²) in [7, 11) is 0. The molecule has 3 aromatic rings. The van der Waals surface area contributed by atoms with Crippen LogP contribution in [0.2, 0.25) is 5.02 Å². The number of carbonyl (C=O) groups is 1. The maximum atomic E-state index is 12.5. The monoisotopic (exact) mass is 461 g/mol. The van der Waals surface area contributed by atoms with Gasteiger partial charge in [0.2, 0.25) is 11.7 Å². The second-order valence-electron chi connectivity index (χ2n) is 7.20. The molecule has 1 amide bonds. The number of halogens is 1. The summed E-state index contributed by atoms with van der Waals surface area (Å²) in [6, 6.07) is 7.81. The number of non-ortho nitro benzene ring substituents is 1. The van der Waals surface area contributed by atoms with E-state index in [4.69, 9.17) is 16.0 Å². The van der Waals surface area contributed by atoms with Crippen LogP contribution in [0.15, 0.2) is 46.2 Å². The summed E-state index contributed by atoms with van der Waals surface area (Å²) in [5, 5.41) is 23.1. The van der Waals surface area contributed by atoms with Crippen LogP contribution in [0.25, 0.3) is 11.6 Å². The van der Waals surface area contributed by atoms with E-state index in [0.29, 0.717) is 16.7 Å². The van der Waals surface area contributed by atoms with Crippen molar-refractivity contribution >= 4 is 40.6 Å². The molecule has 0 spiro atoms. The minimum absolute atomic E-state index is 0.0576. The van der Waals surface area contributed by atoms with Crippen LogP contribution in [0.4, 0.5) is 11.4 Å². The zero-order valence-electron chi connectivity index (χ0n) is 16.5. The molecule has 1 aliphatic rings. The zero-order chi connectivity index (χ0) is 21.8. The Morgan fingerprint density at radius 1 is 1.29 bits per heavy atom. The highest BCUT2D eigenvalue weighted by atomic mass is 35.5. The molecule has 9 nitrogen and oxygen atoms in total. The highest BCUT2D eigenvalue weighted by Gasteiger charge is 2.25. The quantitative estimate of drug-likeness (QED) is 0.287. The van der Waals surface area contributed by atoms with Crippen LogP contribution in [-0.2, 0) is 4.79 Å². The van der Waals surface area contributed by atoms with Crippen molar-refractivity contribution in [3.8, 4) is 11.6 Å². The van der Waals surface area contributed by atoms with E-state index in [1.165, 1.54) is 36.4 Å². The van der Waals surface area contributed by atoms with Gasteiger partial charge in [-0.15, -0.1) is 10.2 Å². The third kappa shape index (κ3) is 4.91. The Bertz CT molecular complexity index is 1080. The largest absolute Gasteiger partial charge is 0.461 e. The van der Waals surface area contributed by atoms with E-state index in [1.807, 2.05) is 6.07 Å². The van der Waals surface area contributed by atoms with Crippen LogP contribution < -0.4 is 5.32 Å². The fourth-order valence-electron chi connectivity index (χ4n) is 3.66. The lowest BCUT2D eigenvalue weighted by molar-refractivity contribution is -0.384. The smallest absolute Gasteiger partial charge is 0.271 e. The molecular formula is C20H20ClN5O4S. The lowest BCUT2D eigenvalue weighted by atomic mass is 9.95. The molecule has 1 fully saturated rings. The van der Waals surface area contributed by atoms with Crippen molar-refractivity contribution in [1.82, 2.24) is 14.8 Å². The average Bonchev–Trinajstić information content (AvgIpc) is 3.44. The van der Waals surface area contributed by atoms with Crippen LogP contribution in [0.5, 0.6) is 0 Å². The van der Waals surface area contributed by atoms with Crippen molar-refractivity contribution in [2.75, 3.05) is 11.1 Å². The highest BCUT2D eigenvalue weighted by molar-refractivity contribution is 7.99. The van der Waals surface area contributed by atoms with E-state index in [2.05, 4.69) is 20.1 Å². The molecule has 0 bridgehead atoms. The van der Waals surface area contributed by atoms with Gasteiger partial charge in [0.1, 0.15) is 0 Å². The maximum Gasteiger partial charge on any atom is 0.271 e. The predicted octanol–water partition coefficient (Wildman–Crippen LogP) is 5.34. The van der Waals surface area contributed by atoms with Crippen LogP contribution in [0, 0.1) is 10.1 Å². The third-order valence-electron chi connectivity index (χ3n) is 5.11. The van der Waals surface area contributed by atoms with Crippen molar-refractivity contribution in [2.45, 2.75) is 43.3 Å². The first-order chi connectivity index (χ1) is 15.0. The molecule has 11 heteroatoms. The molecule has 0 saturated heterocycles. The van der Waals surface area contributed by atoms with Crippen molar-refractivity contribution in [3.05, 3.63) is 51.7 Å². The number of rotatable bonds is 7. The van der Waals surface area contributed by atoms with E-state index in [1.54, 1.807) is 12.3 Å². The van der Waals surface area contributed by atoms with Crippen molar-refractivity contribution < 1.29 is 14.1 Å². The van der Waals surface area contributed by atoms with Gasteiger partial charge in [0.25, 0.3) is 5.69 Å². The zero-order valence-corrected chi connectivity index (χ0v) is 18.1. The van der Waals surface area contributed by atoms with E-state index >= 15 is 0 Å². The lowest BCUT2D eigenvalue weighted by Crippen LogP contribution is -2.17. The number of hydrogen-bond donors (Lipinski definition) is 1. The maximum absolute atomic E-state index is 12.5. The fraction of sp³-hybridized carbons (Fsp3) is 0.350. The van der Waals surface area contributed by atoms with Crippen LogP contribution in [-0.4, -0.2) is 31.3 Å². The lowest BCUT2D eigenvalue weighted by Gasteiger charge is -2.25. The van der Waals surface area contributed by atoms with Gasteiger partial charge in [0.05, 0.1) is 27.6 Å². The van der Waals surface area contributed by atoms with Crippen LogP contribution in [0.3, 0.4) is 0 Å². The first kappa shape index (κ1) is 21.4. The van der Waals surface area contributed by atoms with E-state index in [9.17, 15) is 14.9 Å². The van der Waals surface area contributed by atoms with Crippen LogP contribution in [0.1, 0.15) is 38.1 Å². The van der Waals surface area contributed by atoms with Crippen LogP contribution >= 0.6 is 23.4 Å². The van der Waals surface area contributed by atoms with Crippen molar-refractivity contribution in [1.29, 1.82) is 0 Å². The molecule has 31 heavy (non-hydrogen) atoms. The Balaban J connectivity index is 1.50. The molecule has 1 aliphatic carbocycles. The number of nitrogens with zero attached hydrogens (tertiary/aromatic N) is 4. The SMILES string of the molecule is O=C(CSc1nnc(-c2ccco2)n1C1CCCCC1)Nc1cc([N+](=O)[O-])ccc1Cl. The summed E-state index contributed by atoms with van der Waals surface area (Å²) >= 11 is 7.33. The number of benzene rings is 1. The second kappa shape index (κ2) is 9.52. The number of nitro groups is 1. The van der Waals surface area contributed by atoms with E-state index in [-0.39, 0.29) is 34.1 Å². The molecule has 1 aromatic carbocycles. The topological polar surface area (TPSA) is 116 Å². The van der Waals surface area contributed by atoms with Crippen molar-refractivity contribution in [3.63, 3.8) is 0 Å². The van der Waals surface area contributed by atoms with Gasteiger partial charge in [0.15, 0.2) is 10.9 Å². The van der Waals surface area contributed by atoms with Gasteiger partial charge >= 0.3 is 0 Å². The summed E-state index contributed by atoms with van der Waals surface area (Å²) in [5.74, 6) is 1.01. The molecular weight excluding hydrogens is 442 g/mol. The number of nitro benzene ring substituents is 1. The summed E-state index contributed by atoms with van der Waals surface area (Å²) in [6.45, 7) is 0. The number of amides is 1. The summed E-state index contributed by atoms with van der Waals surface area (Å²) in [6.07, 6.45) is 7.12. The Kier molecular flexibility index (Phi) is 6.57. The molecule has 2 aromatic heterocycles. The standard InChI is InChI=1S/C20H20ClN5O4S/c21-15-9-8-14(26(28)29)11-16(15)22-18(27)12-31-20-24-23-19(17-7-4-10-30-17)25(20)13-5-2-1-3-6-13/h4,7-11,13H,1-3,5-6,12H2,(H,22,27). The number of anilines is 1. The minimum atomic E-state index is -0.538. The van der Waals surface area contributed by atoms with Gasteiger partial charge in [-0.1, -0.05) is 42.6 Å². The molecule has 0 radical (unpaired) electrons. The van der Waals surface area contributed by atoms with Gasteiger partial charge in [-0.05, 0) is 31.0 Å². The summed E-state index contributed by atoms with van der Waals surface area (Å²) in [4.78, 5) is 22.9. The Hall–Kier alpha value is -2.85. The minimum Gasteiger partial charge on any atom is -0.461 e. The summed E-state index contributed by atoms with van der Waals surface area (Å²) in [5.41, 5.74) is 0.0546. The molecule has 1 N–H and O–H groups in total. The van der Waals surface area contributed by atoms with Gasteiger partial charge < -0.3 is 9.73 Å². The number of thioether (sulfide) groups is 1. The highest BCUT2D eigenvalue weighted by Crippen LogP contribution is 2.36. The normalized spacial score (nSPS) is 14.5.